The average Bonchev–Trinajstić information content (AvgIpc) is 2.73. The molecule has 108 valence electrons. The second kappa shape index (κ2) is 6.35. The van der Waals surface area contributed by atoms with Gasteiger partial charge in [0.2, 0.25) is 0 Å². The van der Waals surface area contributed by atoms with Crippen LogP contribution < -0.4 is 11.3 Å². The maximum atomic E-state index is 6.15. The van der Waals surface area contributed by atoms with Crippen LogP contribution in [0.3, 0.4) is 0 Å². The van der Waals surface area contributed by atoms with Gasteiger partial charge in [-0.05, 0) is 35.7 Å². The van der Waals surface area contributed by atoms with Gasteiger partial charge in [-0.25, -0.2) is 5.43 Å². The number of aromatic nitrogens is 2. The second-order valence-corrected chi connectivity index (χ2v) is 6.01. The lowest BCUT2D eigenvalue weighted by Gasteiger charge is -2.43. The number of hydrogen-bond donors (Lipinski definition) is 2. The summed E-state index contributed by atoms with van der Waals surface area (Å²) in [5.41, 5.74) is 3.80. The Bertz CT molecular complexity index is 390. The quantitative estimate of drug-likeness (QED) is 0.642. The Labute approximate surface area is 123 Å². The normalized spacial score (nSPS) is 20.4. The van der Waals surface area contributed by atoms with Crippen LogP contribution in [0.25, 0.3) is 0 Å². The van der Waals surface area contributed by atoms with Gasteiger partial charge in [-0.15, -0.1) is 0 Å². The minimum Gasteiger partial charge on any atom is -0.373 e. The van der Waals surface area contributed by atoms with Gasteiger partial charge in [-0.2, -0.15) is 5.10 Å². The fourth-order valence-corrected chi connectivity index (χ4v) is 3.76. The molecule has 0 spiro atoms. The van der Waals surface area contributed by atoms with Gasteiger partial charge in [0.15, 0.2) is 0 Å². The summed E-state index contributed by atoms with van der Waals surface area (Å²) in [7, 11) is 1.94. The molecule has 5 nitrogen and oxygen atoms in total. The van der Waals surface area contributed by atoms with Crippen LogP contribution in [0.1, 0.15) is 50.8 Å². The van der Waals surface area contributed by atoms with E-state index in [4.69, 9.17) is 10.6 Å². The van der Waals surface area contributed by atoms with Gasteiger partial charge >= 0.3 is 0 Å². The van der Waals surface area contributed by atoms with E-state index < -0.39 is 0 Å². The van der Waals surface area contributed by atoms with Gasteiger partial charge in [0.05, 0.1) is 28.0 Å². The lowest BCUT2D eigenvalue weighted by molar-refractivity contribution is -0.0930. The lowest BCUT2D eigenvalue weighted by Crippen LogP contribution is -2.50. The minimum atomic E-state index is -0.224. The summed E-state index contributed by atoms with van der Waals surface area (Å²) in [4.78, 5) is 0. The first-order valence-corrected chi connectivity index (χ1v) is 7.71. The molecule has 1 aromatic rings. The van der Waals surface area contributed by atoms with Crippen molar-refractivity contribution in [3.63, 3.8) is 0 Å². The van der Waals surface area contributed by atoms with Crippen molar-refractivity contribution in [1.82, 2.24) is 15.2 Å². The molecule has 1 saturated carbocycles. The van der Waals surface area contributed by atoms with Crippen LogP contribution >= 0.6 is 15.9 Å². The zero-order valence-electron chi connectivity index (χ0n) is 11.7. The van der Waals surface area contributed by atoms with Crippen LogP contribution in [0.15, 0.2) is 10.7 Å². The van der Waals surface area contributed by atoms with E-state index in [0.717, 1.165) is 23.0 Å². The smallest absolute Gasteiger partial charge is 0.0929 e. The highest BCUT2D eigenvalue weighted by molar-refractivity contribution is 9.10. The fraction of sp³-hybridized carbons (Fsp3) is 0.769. The number of rotatable bonds is 5. The van der Waals surface area contributed by atoms with Crippen LogP contribution in [-0.4, -0.2) is 22.0 Å². The van der Waals surface area contributed by atoms with E-state index in [9.17, 15) is 0 Å². The molecule has 0 bridgehead atoms. The molecular weight excluding hydrogens is 308 g/mol. The molecule has 0 radical (unpaired) electrons. The Balaban J connectivity index is 2.37. The van der Waals surface area contributed by atoms with Crippen molar-refractivity contribution in [1.29, 1.82) is 0 Å². The largest absolute Gasteiger partial charge is 0.373 e. The Morgan fingerprint density at radius 3 is 2.68 bits per heavy atom. The first kappa shape index (κ1) is 15.0. The molecular formula is C13H23BrN4O. The summed E-state index contributed by atoms with van der Waals surface area (Å²) in [6.45, 7) is 2.75. The molecule has 0 aliphatic heterocycles. The van der Waals surface area contributed by atoms with Crippen LogP contribution in [0, 0.1) is 0 Å². The van der Waals surface area contributed by atoms with E-state index >= 15 is 0 Å². The monoisotopic (exact) mass is 330 g/mol. The van der Waals surface area contributed by atoms with Crippen molar-refractivity contribution in [2.75, 3.05) is 6.61 Å². The summed E-state index contributed by atoms with van der Waals surface area (Å²) >= 11 is 3.57. The minimum absolute atomic E-state index is 0.0466. The summed E-state index contributed by atoms with van der Waals surface area (Å²) in [6.07, 6.45) is 7.53. The van der Waals surface area contributed by atoms with Gasteiger partial charge < -0.3 is 4.74 Å². The zero-order valence-corrected chi connectivity index (χ0v) is 13.2. The molecule has 0 saturated heterocycles. The van der Waals surface area contributed by atoms with Crippen molar-refractivity contribution in [3.05, 3.63) is 16.4 Å². The SMILES string of the molecule is CCOC1(C(NN)c2c(Br)cnn2C)CCCCC1. The van der Waals surface area contributed by atoms with E-state index in [2.05, 4.69) is 26.5 Å². The summed E-state index contributed by atoms with van der Waals surface area (Å²) in [5, 5.41) is 4.29. The van der Waals surface area contributed by atoms with Gasteiger partial charge in [0.1, 0.15) is 0 Å². The third-order valence-corrected chi connectivity index (χ3v) is 4.65. The predicted molar refractivity (Wildman–Crippen MR) is 78.4 cm³/mol. The Kier molecular flexibility index (Phi) is 5.00. The van der Waals surface area contributed by atoms with Gasteiger partial charge in [-0.3, -0.25) is 10.5 Å². The van der Waals surface area contributed by atoms with Crippen LogP contribution in [0.4, 0.5) is 0 Å². The number of ether oxygens (including phenoxy) is 1. The van der Waals surface area contributed by atoms with Crippen molar-refractivity contribution in [3.8, 4) is 0 Å². The number of hydrogen-bond acceptors (Lipinski definition) is 4. The number of nitrogens with zero attached hydrogens (tertiary/aromatic N) is 2. The number of hydrazine groups is 1. The highest BCUT2D eigenvalue weighted by Gasteiger charge is 2.43. The van der Waals surface area contributed by atoms with Crippen molar-refractivity contribution >= 4 is 15.9 Å². The summed E-state index contributed by atoms with van der Waals surface area (Å²) in [6, 6.07) is -0.0466. The molecule has 1 aromatic heterocycles. The Morgan fingerprint density at radius 2 is 2.21 bits per heavy atom. The highest BCUT2D eigenvalue weighted by Crippen LogP contribution is 2.42. The second-order valence-electron chi connectivity index (χ2n) is 5.16. The molecule has 3 N–H and O–H groups in total. The van der Waals surface area contributed by atoms with Crippen LogP contribution in [0.5, 0.6) is 0 Å². The molecule has 0 aromatic carbocycles. The van der Waals surface area contributed by atoms with Crippen molar-refractivity contribution in [2.45, 2.75) is 50.7 Å². The van der Waals surface area contributed by atoms with E-state index in [-0.39, 0.29) is 11.6 Å². The van der Waals surface area contributed by atoms with Gasteiger partial charge in [-0.1, -0.05) is 19.3 Å². The molecule has 1 atom stereocenters. The first-order chi connectivity index (χ1) is 9.14. The number of halogens is 1. The Hall–Kier alpha value is -0.430. The van der Waals surface area contributed by atoms with E-state index in [1.165, 1.54) is 19.3 Å². The number of nitrogens with one attached hydrogen (secondary N) is 1. The molecule has 2 rings (SSSR count). The van der Waals surface area contributed by atoms with E-state index in [1.54, 1.807) is 0 Å². The molecule has 19 heavy (non-hydrogen) atoms. The van der Waals surface area contributed by atoms with Crippen LogP contribution in [-0.2, 0) is 11.8 Å². The maximum Gasteiger partial charge on any atom is 0.0929 e. The third-order valence-electron chi connectivity index (χ3n) is 4.04. The summed E-state index contributed by atoms with van der Waals surface area (Å²) < 4.78 is 8.99. The number of nitrogens with two attached hydrogens (primary N) is 1. The van der Waals surface area contributed by atoms with Crippen molar-refractivity contribution in [2.24, 2.45) is 12.9 Å². The van der Waals surface area contributed by atoms with E-state index in [1.807, 2.05) is 24.9 Å². The zero-order chi connectivity index (χ0) is 13.9. The highest BCUT2D eigenvalue weighted by atomic mass is 79.9. The molecule has 6 heteroatoms. The fourth-order valence-electron chi connectivity index (χ4n) is 3.18. The predicted octanol–water partition coefficient (Wildman–Crippen LogP) is 2.43. The Morgan fingerprint density at radius 1 is 1.53 bits per heavy atom. The van der Waals surface area contributed by atoms with Gasteiger partial charge in [0.25, 0.3) is 0 Å². The molecule has 1 heterocycles. The molecule has 1 aliphatic carbocycles. The third kappa shape index (κ3) is 2.86. The average molecular weight is 331 g/mol. The maximum absolute atomic E-state index is 6.15. The van der Waals surface area contributed by atoms with Crippen molar-refractivity contribution < 1.29 is 4.74 Å². The van der Waals surface area contributed by atoms with Gasteiger partial charge in [0, 0.05) is 13.7 Å². The summed E-state index contributed by atoms with van der Waals surface area (Å²) in [5.74, 6) is 5.86. The lowest BCUT2D eigenvalue weighted by atomic mass is 9.78. The molecule has 1 unspecified atom stereocenters. The van der Waals surface area contributed by atoms with E-state index in [0.29, 0.717) is 6.61 Å². The standard InChI is InChI=1S/C13H23BrN4O/c1-3-19-13(7-5-4-6-8-13)12(17-15)11-10(14)9-16-18(11)2/h9,12,17H,3-8,15H2,1-2H3. The topological polar surface area (TPSA) is 65.1 Å². The first-order valence-electron chi connectivity index (χ1n) is 6.92. The molecule has 1 aliphatic rings. The number of aryl methyl sites for hydroxylation is 1. The molecule has 0 amide bonds. The molecule has 1 fully saturated rings. The van der Waals surface area contributed by atoms with Crippen LogP contribution in [0.2, 0.25) is 0 Å².